The molecule has 1 rings (SSSR count). The van der Waals surface area contributed by atoms with Gasteiger partial charge < -0.3 is 0 Å². The molecule has 0 radical (unpaired) electrons. The third-order valence-electron chi connectivity index (χ3n) is 2.68. The fraction of sp³-hybridized carbons (Fsp3) is 0.833. The largest absolute Gasteiger partial charge is 0.292 e. The van der Waals surface area contributed by atoms with E-state index in [1.54, 1.807) is 6.33 Å². The Hall–Kier alpha value is -0.610. The number of hydrogen-bond acceptors (Lipinski definition) is 3. The van der Waals surface area contributed by atoms with E-state index >= 15 is 0 Å². The average molecular weight is 259 g/mol. The summed E-state index contributed by atoms with van der Waals surface area (Å²) in [5, 5.41) is 4.27. The third-order valence-corrected chi connectivity index (χ3v) is 2.85. The van der Waals surface area contributed by atoms with Crippen molar-refractivity contribution in [3.63, 3.8) is 0 Å². The van der Waals surface area contributed by atoms with E-state index in [1.165, 1.54) is 0 Å². The van der Waals surface area contributed by atoms with Crippen molar-refractivity contribution in [2.45, 2.75) is 46.8 Å². The summed E-state index contributed by atoms with van der Waals surface area (Å²) in [6.07, 6.45) is 1.64. The molecule has 17 heavy (non-hydrogen) atoms. The first-order chi connectivity index (χ1) is 8.04. The lowest BCUT2D eigenvalue weighted by Crippen LogP contribution is -2.33. The van der Waals surface area contributed by atoms with Crippen LogP contribution in [0.4, 0.5) is 0 Å². The lowest BCUT2D eigenvalue weighted by Gasteiger charge is -2.25. The van der Waals surface area contributed by atoms with Gasteiger partial charge in [-0.3, -0.25) is 4.90 Å². The zero-order valence-corrected chi connectivity index (χ0v) is 12.0. The Balaban J connectivity index is 2.68. The van der Waals surface area contributed by atoms with Crippen LogP contribution in [-0.4, -0.2) is 38.1 Å². The minimum absolute atomic E-state index is 0.470. The van der Waals surface area contributed by atoms with Crippen LogP contribution in [0.2, 0.25) is 0 Å². The summed E-state index contributed by atoms with van der Waals surface area (Å²) >= 11 is 5.82. The fourth-order valence-corrected chi connectivity index (χ4v) is 1.94. The number of hydrogen-bond donors (Lipinski definition) is 0. The summed E-state index contributed by atoms with van der Waals surface area (Å²) in [4.78, 5) is 6.65. The van der Waals surface area contributed by atoms with Crippen molar-refractivity contribution < 1.29 is 0 Å². The Morgan fingerprint density at radius 3 is 2.59 bits per heavy atom. The predicted molar refractivity (Wildman–Crippen MR) is 71.1 cm³/mol. The highest BCUT2D eigenvalue weighted by Crippen LogP contribution is 2.08. The van der Waals surface area contributed by atoms with Crippen LogP contribution in [0, 0.1) is 5.92 Å². The molecule has 98 valence electrons. The number of aromatic nitrogens is 3. The van der Waals surface area contributed by atoms with Crippen LogP contribution in [0.1, 0.15) is 33.5 Å². The topological polar surface area (TPSA) is 34.0 Å². The van der Waals surface area contributed by atoms with Crippen molar-refractivity contribution >= 4 is 11.6 Å². The van der Waals surface area contributed by atoms with E-state index in [9.17, 15) is 0 Å². The summed E-state index contributed by atoms with van der Waals surface area (Å²) in [5.74, 6) is 2.25. The molecule has 5 heteroatoms. The van der Waals surface area contributed by atoms with Gasteiger partial charge in [0.2, 0.25) is 0 Å². The van der Waals surface area contributed by atoms with Crippen LogP contribution in [0.3, 0.4) is 0 Å². The van der Waals surface area contributed by atoms with Crippen LogP contribution in [-0.2, 0) is 13.1 Å². The van der Waals surface area contributed by atoms with E-state index in [1.807, 2.05) is 4.68 Å². The second-order valence-corrected chi connectivity index (χ2v) is 5.38. The average Bonchev–Trinajstić information content (AvgIpc) is 2.64. The first-order valence-corrected chi connectivity index (χ1v) is 6.74. The lowest BCUT2D eigenvalue weighted by molar-refractivity contribution is 0.215. The molecular formula is C12H23ClN4. The molecule has 0 unspecified atom stereocenters. The van der Waals surface area contributed by atoms with Crippen LogP contribution in [0.15, 0.2) is 6.33 Å². The number of rotatable bonds is 7. The third kappa shape index (κ3) is 4.64. The summed E-state index contributed by atoms with van der Waals surface area (Å²) in [7, 11) is 0. The summed E-state index contributed by atoms with van der Waals surface area (Å²) < 4.78 is 1.99. The van der Waals surface area contributed by atoms with E-state index in [0.717, 1.165) is 25.5 Å². The summed E-state index contributed by atoms with van der Waals surface area (Å²) in [6.45, 7) is 11.3. The molecule has 0 spiro atoms. The maximum absolute atomic E-state index is 5.82. The van der Waals surface area contributed by atoms with Crippen molar-refractivity contribution in [1.82, 2.24) is 19.7 Å². The van der Waals surface area contributed by atoms with E-state index in [-0.39, 0.29) is 0 Å². The van der Waals surface area contributed by atoms with E-state index in [0.29, 0.717) is 17.8 Å². The van der Waals surface area contributed by atoms with Crippen LogP contribution in [0.25, 0.3) is 0 Å². The molecule has 0 bridgehead atoms. The van der Waals surface area contributed by atoms with Gasteiger partial charge >= 0.3 is 0 Å². The zero-order valence-electron chi connectivity index (χ0n) is 11.2. The number of nitrogens with zero attached hydrogens (tertiary/aromatic N) is 4. The highest BCUT2D eigenvalue weighted by atomic mass is 35.5. The minimum atomic E-state index is 0.470. The molecule has 0 saturated carbocycles. The Morgan fingerprint density at radius 1 is 1.35 bits per heavy atom. The highest BCUT2D eigenvalue weighted by Gasteiger charge is 2.14. The van der Waals surface area contributed by atoms with E-state index in [2.05, 4.69) is 42.7 Å². The van der Waals surface area contributed by atoms with Crippen molar-refractivity contribution in [2.75, 3.05) is 12.4 Å². The van der Waals surface area contributed by atoms with Gasteiger partial charge in [0.1, 0.15) is 12.2 Å². The fourth-order valence-electron chi connectivity index (χ4n) is 1.72. The predicted octanol–water partition coefficient (Wildman–Crippen LogP) is 2.38. The van der Waals surface area contributed by atoms with Gasteiger partial charge in [0.05, 0.1) is 6.54 Å². The molecule has 0 aliphatic rings. The molecule has 1 heterocycles. The second kappa shape index (κ2) is 6.97. The van der Waals surface area contributed by atoms with Crippen molar-refractivity contribution in [3.8, 4) is 0 Å². The van der Waals surface area contributed by atoms with Gasteiger partial charge in [0.15, 0.2) is 0 Å². The van der Waals surface area contributed by atoms with Crippen molar-refractivity contribution in [3.05, 3.63) is 12.2 Å². The molecule has 4 nitrogen and oxygen atoms in total. The lowest BCUT2D eigenvalue weighted by atomic mass is 10.2. The van der Waals surface area contributed by atoms with Crippen LogP contribution >= 0.6 is 11.6 Å². The molecular weight excluding hydrogens is 236 g/mol. The maximum Gasteiger partial charge on any atom is 0.141 e. The SMILES string of the molecule is CC(C)Cn1ncnc1CN(CCCl)C(C)C. The van der Waals surface area contributed by atoms with E-state index < -0.39 is 0 Å². The van der Waals surface area contributed by atoms with Crippen molar-refractivity contribution in [1.29, 1.82) is 0 Å². The molecule has 1 aromatic rings. The molecule has 0 saturated heterocycles. The Labute approximate surface area is 109 Å². The molecule has 0 amide bonds. The van der Waals surface area contributed by atoms with Crippen molar-refractivity contribution in [2.24, 2.45) is 5.92 Å². The van der Waals surface area contributed by atoms with Gasteiger partial charge in [0, 0.05) is 25.0 Å². The molecule has 0 fully saturated rings. The normalized spacial score (nSPS) is 12.0. The Morgan fingerprint density at radius 2 is 2.06 bits per heavy atom. The molecule has 0 aliphatic heterocycles. The monoisotopic (exact) mass is 258 g/mol. The van der Waals surface area contributed by atoms with Gasteiger partial charge in [0.25, 0.3) is 0 Å². The molecule has 0 aliphatic carbocycles. The van der Waals surface area contributed by atoms with Gasteiger partial charge in [-0.1, -0.05) is 13.8 Å². The van der Waals surface area contributed by atoms with Gasteiger partial charge in [-0.05, 0) is 19.8 Å². The molecule has 0 aromatic carbocycles. The molecule has 0 N–H and O–H groups in total. The Bertz CT molecular complexity index is 322. The smallest absolute Gasteiger partial charge is 0.141 e. The molecule has 1 aromatic heterocycles. The van der Waals surface area contributed by atoms with Gasteiger partial charge in [-0.25, -0.2) is 9.67 Å². The number of alkyl halides is 1. The summed E-state index contributed by atoms with van der Waals surface area (Å²) in [6, 6.07) is 0.470. The first-order valence-electron chi connectivity index (χ1n) is 6.21. The van der Waals surface area contributed by atoms with Gasteiger partial charge in [-0.2, -0.15) is 5.10 Å². The van der Waals surface area contributed by atoms with Crippen LogP contribution < -0.4 is 0 Å². The van der Waals surface area contributed by atoms with E-state index in [4.69, 9.17) is 11.6 Å². The minimum Gasteiger partial charge on any atom is -0.292 e. The Kier molecular flexibility index (Phi) is 5.92. The zero-order chi connectivity index (χ0) is 12.8. The second-order valence-electron chi connectivity index (χ2n) is 5.01. The van der Waals surface area contributed by atoms with Crippen LogP contribution in [0.5, 0.6) is 0 Å². The van der Waals surface area contributed by atoms with Gasteiger partial charge in [-0.15, -0.1) is 11.6 Å². The maximum atomic E-state index is 5.82. The molecule has 0 atom stereocenters. The highest BCUT2D eigenvalue weighted by molar-refractivity contribution is 6.18. The summed E-state index contributed by atoms with van der Waals surface area (Å²) in [5.41, 5.74) is 0. The quantitative estimate of drug-likeness (QED) is 0.705. The standard InChI is InChI=1S/C12H23ClN4/c1-10(2)7-17-12(14-9-15-17)8-16(6-5-13)11(3)4/h9-11H,5-8H2,1-4H3. The first kappa shape index (κ1) is 14.5. The number of halogens is 1.